The van der Waals surface area contributed by atoms with Crippen molar-refractivity contribution < 1.29 is 0 Å². The molecule has 1 aromatic carbocycles. The average Bonchev–Trinajstić information content (AvgIpc) is 3.57. The van der Waals surface area contributed by atoms with Crippen LogP contribution >= 0.6 is 0 Å². The van der Waals surface area contributed by atoms with Crippen LogP contribution in [0.3, 0.4) is 0 Å². The van der Waals surface area contributed by atoms with Crippen LogP contribution in [-0.4, -0.2) is 49.2 Å². The minimum atomic E-state index is 0.702. The number of aryl methyl sites for hydroxylation is 2. The molecule has 4 aromatic rings. The van der Waals surface area contributed by atoms with Crippen molar-refractivity contribution in [1.82, 2.24) is 34.8 Å². The van der Waals surface area contributed by atoms with E-state index in [0.717, 1.165) is 65.6 Å². The van der Waals surface area contributed by atoms with Gasteiger partial charge < -0.3 is 10.6 Å². The van der Waals surface area contributed by atoms with Crippen LogP contribution in [-0.2, 0) is 14.1 Å². The standard InChI is InChI=1S/C24H28N8/c1-31-15-20(12-28-31)18-4-3-5-19(10-18)23-27-14-22(21-13-29-32(2)16-21)24(30-23)26-9-7-17-6-8-25-11-17/h3-5,10,12-17,25H,6-9,11H2,1-2H3,(H,26,27,30)/t17-/m0/s1. The van der Waals surface area contributed by atoms with E-state index in [9.17, 15) is 0 Å². The van der Waals surface area contributed by atoms with Crippen LogP contribution in [0.15, 0.2) is 55.2 Å². The zero-order valence-corrected chi connectivity index (χ0v) is 18.5. The van der Waals surface area contributed by atoms with E-state index in [1.807, 2.05) is 61.9 Å². The number of rotatable bonds is 7. The van der Waals surface area contributed by atoms with Gasteiger partial charge in [-0.1, -0.05) is 18.2 Å². The van der Waals surface area contributed by atoms with Gasteiger partial charge in [-0.05, 0) is 43.5 Å². The Morgan fingerprint density at radius 2 is 1.78 bits per heavy atom. The zero-order chi connectivity index (χ0) is 21.9. The first-order valence-electron chi connectivity index (χ1n) is 11.1. The third kappa shape index (κ3) is 4.40. The lowest BCUT2D eigenvalue weighted by molar-refractivity contribution is 0.549. The Labute approximate surface area is 187 Å². The van der Waals surface area contributed by atoms with Gasteiger partial charge >= 0.3 is 0 Å². The van der Waals surface area contributed by atoms with Crippen LogP contribution in [0.25, 0.3) is 33.6 Å². The van der Waals surface area contributed by atoms with Crippen molar-refractivity contribution in [1.29, 1.82) is 0 Å². The van der Waals surface area contributed by atoms with Crippen molar-refractivity contribution >= 4 is 5.82 Å². The second-order valence-electron chi connectivity index (χ2n) is 8.42. The van der Waals surface area contributed by atoms with Gasteiger partial charge in [0.25, 0.3) is 0 Å². The lowest BCUT2D eigenvalue weighted by atomic mass is 10.0. The maximum Gasteiger partial charge on any atom is 0.161 e. The summed E-state index contributed by atoms with van der Waals surface area (Å²) in [5, 5.41) is 15.6. The van der Waals surface area contributed by atoms with Gasteiger partial charge in [-0.2, -0.15) is 10.2 Å². The number of anilines is 1. The van der Waals surface area contributed by atoms with E-state index in [-0.39, 0.29) is 0 Å². The predicted octanol–water partition coefficient (Wildman–Crippen LogP) is 3.36. The smallest absolute Gasteiger partial charge is 0.161 e. The number of aromatic nitrogens is 6. The van der Waals surface area contributed by atoms with Gasteiger partial charge in [-0.3, -0.25) is 9.36 Å². The van der Waals surface area contributed by atoms with Crippen molar-refractivity contribution in [2.45, 2.75) is 12.8 Å². The molecule has 1 fully saturated rings. The maximum absolute atomic E-state index is 4.94. The summed E-state index contributed by atoms with van der Waals surface area (Å²) in [6, 6.07) is 8.28. The molecule has 1 saturated heterocycles. The molecule has 1 aliphatic rings. The molecule has 1 aliphatic heterocycles. The van der Waals surface area contributed by atoms with Crippen LogP contribution in [0.4, 0.5) is 5.82 Å². The van der Waals surface area contributed by atoms with Gasteiger partial charge in [0.15, 0.2) is 5.82 Å². The zero-order valence-electron chi connectivity index (χ0n) is 18.5. The van der Waals surface area contributed by atoms with Gasteiger partial charge in [-0.25, -0.2) is 9.97 Å². The third-order valence-corrected chi connectivity index (χ3v) is 5.97. The summed E-state index contributed by atoms with van der Waals surface area (Å²) in [7, 11) is 3.84. The highest BCUT2D eigenvalue weighted by atomic mass is 15.2. The van der Waals surface area contributed by atoms with Crippen LogP contribution in [0.5, 0.6) is 0 Å². The van der Waals surface area contributed by atoms with Crippen molar-refractivity contribution in [2.24, 2.45) is 20.0 Å². The number of nitrogens with one attached hydrogen (secondary N) is 2. The molecule has 4 heterocycles. The third-order valence-electron chi connectivity index (χ3n) is 5.97. The molecule has 1 atom stereocenters. The highest BCUT2D eigenvalue weighted by molar-refractivity contribution is 5.76. The monoisotopic (exact) mass is 428 g/mol. The Hall–Kier alpha value is -3.52. The van der Waals surface area contributed by atoms with Crippen LogP contribution in [0, 0.1) is 5.92 Å². The Bertz CT molecular complexity index is 1200. The highest BCUT2D eigenvalue weighted by Gasteiger charge is 2.16. The predicted molar refractivity (Wildman–Crippen MR) is 126 cm³/mol. The van der Waals surface area contributed by atoms with Gasteiger partial charge in [-0.15, -0.1) is 0 Å². The molecule has 0 spiro atoms. The normalized spacial score (nSPS) is 15.9. The lowest BCUT2D eigenvalue weighted by Gasteiger charge is -2.14. The minimum Gasteiger partial charge on any atom is -0.369 e. The van der Waals surface area contributed by atoms with Crippen molar-refractivity contribution in [3.63, 3.8) is 0 Å². The summed E-state index contributed by atoms with van der Waals surface area (Å²) in [4.78, 5) is 9.64. The first-order valence-corrected chi connectivity index (χ1v) is 11.1. The fourth-order valence-electron chi connectivity index (χ4n) is 4.19. The van der Waals surface area contributed by atoms with Gasteiger partial charge in [0, 0.05) is 61.5 Å². The molecule has 0 unspecified atom stereocenters. The molecule has 8 nitrogen and oxygen atoms in total. The quantitative estimate of drug-likeness (QED) is 0.470. The van der Waals surface area contributed by atoms with E-state index >= 15 is 0 Å². The average molecular weight is 429 g/mol. The van der Waals surface area contributed by atoms with Crippen LogP contribution in [0.2, 0.25) is 0 Å². The second-order valence-corrected chi connectivity index (χ2v) is 8.42. The summed E-state index contributed by atoms with van der Waals surface area (Å²) >= 11 is 0. The molecule has 0 saturated carbocycles. The summed E-state index contributed by atoms with van der Waals surface area (Å²) in [6.07, 6.45) is 12.0. The fraction of sp³-hybridized carbons (Fsp3) is 0.333. The van der Waals surface area contributed by atoms with Gasteiger partial charge in [0.2, 0.25) is 0 Å². The Kier molecular flexibility index (Phi) is 5.68. The molecule has 5 rings (SSSR count). The summed E-state index contributed by atoms with van der Waals surface area (Å²) < 4.78 is 3.61. The van der Waals surface area contributed by atoms with Crippen molar-refractivity contribution in [3.8, 4) is 33.6 Å². The topological polar surface area (TPSA) is 85.5 Å². The molecule has 0 amide bonds. The number of hydrogen-bond acceptors (Lipinski definition) is 6. The van der Waals surface area contributed by atoms with E-state index in [0.29, 0.717) is 5.82 Å². The number of hydrogen-bond donors (Lipinski definition) is 2. The molecule has 32 heavy (non-hydrogen) atoms. The van der Waals surface area contributed by atoms with Crippen molar-refractivity contribution in [2.75, 3.05) is 25.0 Å². The second kappa shape index (κ2) is 8.92. The molecular formula is C24H28N8. The number of nitrogens with zero attached hydrogens (tertiary/aromatic N) is 6. The summed E-state index contributed by atoms with van der Waals surface area (Å²) in [5.74, 6) is 2.27. The molecule has 164 valence electrons. The first-order chi connectivity index (χ1) is 15.7. The maximum atomic E-state index is 4.94. The van der Waals surface area contributed by atoms with Gasteiger partial charge in [0.1, 0.15) is 5.82 Å². The lowest BCUT2D eigenvalue weighted by Crippen LogP contribution is -2.14. The van der Waals surface area contributed by atoms with Crippen LogP contribution in [0.1, 0.15) is 12.8 Å². The minimum absolute atomic E-state index is 0.702. The molecule has 0 aliphatic carbocycles. The molecule has 0 radical (unpaired) electrons. The Morgan fingerprint density at radius 3 is 2.50 bits per heavy atom. The molecule has 2 N–H and O–H groups in total. The summed E-state index contributed by atoms with van der Waals surface area (Å²) in [5.41, 5.74) is 5.12. The summed E-state index contributed by atoms with van der Waals surface area (Å²) in [6.45, 7) is 3.11. The highest BCUT2D eigenvalue weighted by Crippen LogP contribution is 2.30. The molecule has 3 aromatic heterocycles. The van der Waals surface area contributed by atoms with E-state index in [1.165, 1.54) is 6.42 Å². The van der Waals surface area contributed by atoms with Gasteiger partial charge in [0.05, 0.1) is 12.4 Å². The van der Waals surface area contributed by atoms with E-state index in [1.54, 1.807) is 4.68 Å². The molecular weight excluding hydrogens is 400 g/mol. The SMILES string of the molecule is Cn1cc(-c2cccc(-c3ncc(-c4cnn(C)c4)c(NCC[C@@H]4CCNC4)n3)c2)cn1. The largest absolute Gasteiger partial charge is 0.369 e. The Morgan fingerprint density at radius 1 is 1.00 bits per heavy atom. The van der Waals surface area contributed by atoms with Crippen LogP contribution < -0.4 is 10.6 Å². The van der Waals surface area contributed by atoms with E-state index in [2.05, 4.69) is 33.0 Å². The van der Waals surface area contributed by atoms with E-state index in [4.69, 9.17) is 9.97 Å². The van der Waals surface area contributed by atoms with Crippen molar-refractivity contribution in [3.05, 3.63) is 55.2 Å². The molecule has 0 bridgehead atoms. The first kappa shape index (κ1) is 20.4. The fourth-order valence-corrected chi connectivity index (χ4v) is 4.19. The number of benzene rings is 1. The molecule has 8 heteroatoms. The van der Waals surface area contributed by atoms with E-state index < -0.39 is 0 Å². The Balaban J connectivity index is 1.45.